The van der Waals surface area contributed by atoms with Crippen LogP contribution in [0.5, 0.6) is 0 Å². The van der Waals surface area contributed by atoms with Gasteiger partial charge in [-0.3, -0.25) is 24.1 Å². The Labute approximate surface area is 301 Å². The van der Waals surface area contributed by atoms with Crippen LogP contribution in [-0.2, 0) is 52.8 Å². The van der Waals surface area contributed by atoms with Crippen LogP contribution in [0.1, 0.15) is 30.2 Å². The fourth-order valence-corrected chi connectivity index (χ4v) is 6.62. The fraction of sp³-hybridized carbons (Fsp3) is 0.432. The number of hydrogen-bond donors (Lipinski definition) is 4. The number of carbonyl (C=O) groups excluding carboxylic acids is 4. The maximum Gasteiger partial charge on any atom is 0.245 e. The van der Waals surface area contributed by atoms with E-state index in [4.69, 9.17) is 14.3 Å². The number of rotatable bonds is 17. The molecule has 14 heteroatoms. The molecule has 0 bridgehead atoms. The van der Waals surface area contributed by atoms with Crippen LogP contribution in [-0.4, -0.2) is 103 Å². The minimum atomic E-state index is -1.08. The molecule has 4 heterocycles. The van der Waals surface area contributed by atoms with E-state index in [2.05, 4.69) is 31.3 Å². The Morgan fingerprint density at radius 3 is 2.25 bits per heavy atom. The number of nitrogens with one attached hydrogen (secondary N) is 4. The number of morpholine rings is 1. The molecular formula is C37H44N6O7S. The number of thiazole rings is 1. The van der Waals surface area contributed by atoms with Crippen molar-refractivity contribution in [3.8, 4) is 0 Å². The van der Waals surface area contributed by atoms with Crippen molar-refractivity contribution in [2.45, 2.75) is 62.4 Å². The maximum absolute atomic E-state index is 14.1. The Hall–Kier alpha value is -4.47. The van der Waals surface area contributed by atoms with Gasteiger partial charge in [-0.15, -0.1) is 16.8 Å². The molecule has 4 N–H and O–H groups in total. The number of nitrogens with zero attached hydrogens (tertiary/aromatic N) is 2. The quantitative estimate of drug-likeness (QED) is 0.151. The molecule has 3 amide bonds. The lowest BCUT2D eigenvalue weighted by molar-refractivity contribution is -0.134. The number of hydroxylamine groups is 1. The SMILES string of the molecule is CC1(C(=O)C(Cc2ccccc2)NC(=O)C(Cc2cscn2)NC(=O)C(CCc2ccccc2)NC(=O)C2C=C(CN3CCOCC3)ON2)CO1. The molecular weight excluding hydrogens is 673 g/mol. The second-order valence-electron chi connectivity index (χ2n) is 13.2. The molecule has 3 aromatic rings. The Morgan fingerprint density at radius 2 is 1.59 bits per heavy atom. The third kappa shape index (κ3) is 10.3. The van der Waals surface area contributed by atoms with Gasteiger partial charge in [-0.05, 0) is 43.4 Å². The zero-order chi connectivity index (χ0) is 35.6. The van der Waals surface area contributed by atoms with Crippen LogP contribution in [0.2, 0.25) is 0 Å². The van der Waals surface area contributed by atoms with Crippen LogP contribution in [0.4, 0.5) is 0 Å². The first-order chi connectivity index (χ1) is 24.8. The van der Waals surface area contributed by atoms with E-state index in [1.807, 2.05) is 60.7 Å². The lowest BCUT2D eigenvalue weighted by Crippen LogP contribution is -2.58. The van der Waals surface area contributed by atoms with Gasteiger partial charge < -0.3 is 30.3 Å². The summed E-state index contributed by atoms with van der Waals surface area (Å²) < 4.78 is 10.9. The highest BCUT2D eigenvalue weighted by Gasteiger charge is 2.50. The Balaban J connectivity index is 1.17. The summed E-state index contributed by atoms with van der Waals surface area (Å²) in [7, 11) is 0. The van der Waals surface area contributed by atoms with E-state index in [0.717, 1.165) is 24.2 Å². The van der Waals surface area contributed by atoms with Crippen molar-refractivity contribution in [1.82, 2.24) is 31.3 Å². The molecule has 0 radical (unpaired) electrons. The molecule has 1 aromatic heterocycles. The van der Waals surface area contributed by atoms with E-state index in [9.17, 15) is 19.2 Å². The zero-order valence-electron chi connectivity index (χ0n) is 28.5. The molecule has 13 nitrogen and oxygen atoms in total. The van der Waals surface area contributed by atoms with Crippen molar-refractivity contribution in [1.29, 1.82) is 0 Å². The zero-order valence-corrected chi connectivity index (χ0v) is 29.4. The monoisotopic (exact) mass is 716 g/mol. The first-order valence-corrected chi connectivity index (χ1v) is 18.2. The molecule has 2 saturated heterocycles. The molecule has 0 spiro atoms. The van der Waals surface area contributed by atoms with E-state index in [-0.39, 0.29) is 31.7 Å². The van der Waals surface area contributed by atoms with Crippen molar-refractivity contribution in [3.63, 3.8) is 0 Å². The van der Waals surface area contributed by atoms with Gasteiger partial charge in [0.25, 0.3) is 0 Å². The molecule has 6 rings (SSSR count). The number of aromatic nitrogens is 1. The lowest BCUT2D eigenvalue weighted by atomic mass is 9.94. The summed E-state index contributed by atoms with van der Waals surface area (Å²) >= 11 is 1.37. The average molecular weight is 717 g/mol. The van der Waals surface area contributed by atoms with E-state index >= 15 is 0 Å². The van der Waals surface area contributed by atoms with Gasteiger partial charge in [-0.2, -0.15) is 0 Å². The Kier molecular flexibility index (Phi) is 12.2. The van der Waals surface area contributed by atoms with Gasteiger partial charge in [0.05, 0.1) is 43.6 Å². The second-order valence-corrected chi connectivity index (χ2v) is 13.9. The number of ether oxygens (including phenoxy) is 2. The van der Waals surface area contributed by atoms with Crippen molar-refractivity contribution in [3.05, 3.63) is 100 Å². The van der Waals surface area contributed by atoms with Crippen LogP contribution >= 0.6 is 11.3 Å². The summed E-state index contributed by atoms with van der Waals surface area (Å²) in [5, 5.41) is 10.5. The third-order valence-corrected chi connectivity index (χ3v) is 9.81. The molecule has 270 valence electrons. The smallest absolute Gasteiger partial charge is 0.245 e. The van der Waals surface area contributed by atoms with Crippen LogP contribution in [0.3, 0.4) is 0 Å². The van der Waals surface area contributed by atoms with Crippen LogP contribution < -0.4 is 21.4 Å². The molecule has 5 unspecified atom stereocenters. The predicted molar refractivity (Wildman–Crippen MR) is 189 cm³/mol. The largest absolute Gasteiger partial charge is 0.411 e. The van der Waals surface area contributed by atoms with Crippen LogP contribution in [0.25, 0.3) is 0 Å². The van der Waals surface area contributed by atoms with Crippen molar-refractivity contribution >= 4 is 34.8 Å². The van der Waals surface area contributed by atoms with Crippen molar-refractivity contribution in [2.75, 3.05) is 39.5 Å². The van der Waals surface area contributed by atoms with Crippen LogP contribution in [0, 0.1) is 0 Å². The topological polar surface area (TPSA) is 164 Å². The van der Waals surface area contributed by atoms with Gasteiger partial charge in [0.1, 0.15) is 29.5 Å². The number of epoxide rings is 1. The fourth-order valence-electron chi connectivity index (χ4n) is 6.05. The van der Waals surface area contributed by atoms with Gasteiger partial charge in [-0.1, -0.05) is 60.7 Å². The summed E-state index contributed by atoms with van der Waals surface area (Å²) in [6.07, 6.45) is 2.83. The van der Waals surface area contributed by atoms with E-state index in [1.54, 1.807) is 23.9 Å². The van der Waals surface area contributed by atoms with Gasteiger partial charge in [0, 0.05) is 24.9 Å². The molecule has 5 atom stereocenters. The average Bonchev–Trinajstić information content (AvgIpc) is 3.47. The number of hydrogen-bond acceptors (Lipinski definition) is 11. The summed E-state index contributed by atoms with van der Waals surface area (Å²) in [6.45, 7) is 5.33. The minimum Gasteiger partial charge on any atom is -0.411 e. The second kappa shape index (κ2) is 17.2. The summed E-state index contributed by atoms with van der Waals surface area (Å²) in [6, 6.07) is 15.3. The number of Topliss-reactive ketones (excluding diaryl/α,β-unsaturated/α-hetero) is 1. The highest BCUT2D eigenvalue weighted by atomic mass is 32.1. The Morgan fingerprint density at radius 1 is 0.922 bits per heavy atom. The van der Waals surface area contributed by atoms with Gasteiger partial charge >= 0.3 is 0 Å². The number of ketones is 1. The van der Waals surface area contributed by atoms with Crippen molar-refractivity contribution in [2.24, 2.45) is 0 Å². The van der Waals surface area contributed by atoms with E-state index in [1.165, 1.54) is 11.3 Å². The summed E-state index contributed by atoms with van der Waals surface area (Å²) in [4.78, 5) is 67.3. The predicted octanol–water partition coefficient (Wildman–Crippen LogP) is 1.49. The highest BCUT2D eigenvalue weighted by Crippen LogP contribution is 2.29. The number of amides is 3. The molecule has 0 aliphatic carbocycles. The molecule has 2 fully saturated rings. The van der Waals surface area contributed by atoms with Gasteiger partial charge in [0.2, 0.25) is 17.7 Å². The maximum atomic E-state index is 14.1. The molecule has 0 saturated carbocycles. The first-order valence-electron chi connectivity index (χ1n) is 17.2. The lowest BCUT2D eigenvalue weighted by Gasteiger charge is -2.26. The number of carbonyl (C=O) groups is 4. The Bertz CT molecular complexity index is 1660. The van der Waals surface area contributed by atoms with Crippen molar-refractivity contribution < 1.29 is 33.5 Å². The van der Waals surface area contributed by atoms with E-state index < -0.39 is 47.5 Å². The first kappa shape index (κ1) is 36.3. The van der Waals surface area contributed by atoms with Gasteiger partial charge in [0.15, 0.2) is 5.78 Å². The summed E-state index contributed by atoms with van der Waals surface area (Å²) in [5.41, 5.74) is 5.92. The normalized spacial score (nSPS) is 21.7. The number of aryl methyl sites for hydroxylation is 1. The van der Waals surface area contributed by atoms with E-state index in [0.29, 0.717) is 37.6 Å². The highest BCUT2D eigenvalue weighted by molar-refractivity contribution is 7.07. The third-order valence-electron chi connectivity index (χ3n) is 9.18. The number of benzene rings is 2. The molecule has 3 aliphatic rings. The standard InChI is InChI=1S/C37H44N6O7S/c1-37(23-49-37)33(44)30(18-26-10-6-3-7-11-26)40-35(46)31(19-27-22-51-24-38-27)41-34(45)29(13-12-25-8-4-2-5-9-25)39-36(47)32-20-28(50-42-32)21-43-14-16-48-17-15-43/h2-11,20,22,24,29-32,42H,12-19,21,23H2,1H3,(H,39,47)(H,40,46)(H,41,45). The minimum absolute atomic E-state index is 0.0894. The molecule has 3 aliphatic heterocycles. The van der Waals surface area contributed by atoms with Crippen LogP contribution in [0.15, 0.2) is 83.4 Å². The summed E-state index contributed by atoms with van der Waals surface area (Å²) in [5.74, 6) is -1.13. The van der Waals surface area contributed by atoms with Gasteiger partial charge in [-0.25, -0.2) is 4.98 Å². The molecule has 51 heavy (non-hydrogen) atoms. The molecule has 2 aromatic carbocycles.